The molecule has 18 heavy (non-hydrogen) atoms. The molecule has 0 aromatic carbocycles. The molecule has 8 N–H and O–H groups in total. The van der Waals surface area contributed by atoms with Gasteiger partial charge in [-0.25, -0.2) is 5.43 Å². The molecule has 0 aliphatic heterocycles. The summed E-state index contributed by atoms with van der Waals surface area (Å²) in [6.07, 6.45) is 0.991. The van der Waals surface area contributed by atoms with E-state index >= 15 is 0 Å². The van der Waals surface area contributed by atoms with Crippen molar-refractivity contribution in [2.45, 2.75) is 25.8 Å². The summed E-state index contributed by atoms with van der Waals surface area (Å²) in [6.45, 7) is 1.54. The maximum atomic E-state index is 10.3. The lowest BCUT2D eigenvalue weighted by Gasteiger charge is -2.05. The molecule has 106 valence electrons. The Hall–Kier alpha value is -1.87. The summed E-state index contributed by atoms with van der Waals surface area (Å²) in [7, 11) is 1.67. The molecular formula is C9H21N5O4. The van der Waals surface area contributed by atoms with Gasteiger partial charge in [-0.05, 0) is 12.8 Å². The molecule has 0 fully saturated rings. The number of hydrogen-bond acceptors (Lipinski definition) is 5. The number of hydrazine groups is 1. The Bertz CT molecular complexity index is 278. The maximum Gasteiger partial charge on any atom is 0.320 e. The highest BCUT2D eigenvalue weighted by Crippen LogP contribution is 1.94. The summed E-state index contributed by atoms with van der Waals surface area (Å²) in [4.78, 5) is 23.2. The summed E-state index contributed by atoms with van der Waals surface area (Å²) in [5, 5.41) is 15.9. The lowest BCUT2D eigenvalue weighted by Crippen LogP contribution is -2.40. The maximum absolute atomic E-state index is 10.3. The van der Waals surface area contributed by atoms with Crippen molar-refractivity contribution in [3.63, 3.8) is 0 Å². The van der Waals surface area contributed by atoms with Crippen molar-refractivity contribution < 1.29 is 19.8 Å². The highest BCUT2D eigenvalue weighted by molar-refractivity contribution is 5.77. The van der Waals surface area contributed by atoms with Gasteiger partial charge < -0.3 is 21.7 Å². The number of carboxylic acids is 2. The first kappa shape index (κ1) is 18.5. The first-order valence-corrected chi connectivity index (χ1v) is 5.21. The van der Waals surface area contributed by atoms with E-state index in [2.05, 4.69) is 15.8 Å². The number of aliphatic imine (C=N–C) groups is 1. The molecule has 0 aliphatic rings. The summed E-state index contributed by atoms with van der Waals surface area (Å²) in [6, 6.07) is -0.816. The number of nitrogens with two attached hydrogens (primary N) is 2. The molecule has 0 saturated heterocycles. The Morgan fingerprint density at radius 1 is 1.39 bits per heavy atom. The number of hydrogen-bond donors (Lipinski definition) is 6. The molecule has 0 radical (unpaired) electrons. The molecular weight excluding hydrogens is 242 g/mol. The fraction of sp³-hybridized carbons (Fsp3) is 0.667. The molecule has 0 rings (SSSR count). The van der Waals surface area contributed by atoms with Crippen LogP contribution in [0.5, 0.6) is 0 Å². The predicted octanol–water partition coefficient (Wildman–Crippen LogP) is -1.69. The summed E-state index contributed by atoms with van der Waals surface area (Å²) >= 11 is 0. The second-order valence-electron chi connectivity index (χ2n) is 3.25. The quantitative estimate of drug-likeness (QED) is 0.143. The van der Waals surface area contributed by atoms with Gasteiger partial charge in [-0.15, -0.1) is 0 Å². The van der Waals surface area contributed by atoms with Gasteiger partial charge >= 0.3 is 5.97 Å². The zero-order valence-electron chi connectivity index (χ0n) is 10.5. The monoisotopic (exact) mass is 263 g/mol. The van der Waals surface area contributed by atoms with Crippen LogP contribution >= 0.6 is 0 Å². The van der Waals surface area contributed by atoms with Crippen LogP contribution in [0, 0.1) is 0 Å². The predicted molar refractivity (Wildman–Crippen MR) is 66.8 cm³/mol. The van der Waals surface area contributed by atoms with E-state index in [1.165, 1.54) is 0 Å². The molecule has 0 spiro atoms. The third-order valence-corrected chi connectivity index (χ3v) is 1.53. The SMILES string of the molecule is CC(=O)O.CNNC(N)=NCCC[C@H](N)C(=O)O. The van der Waals surface area contributed by atoms with Crippen molar-refractivity contribution in [3.05, 3.63) is 0 Å². The second kappa shape index (κ2) is 11.6. The van der Waals surface area contributed by atoms with Crippen molar-refractivity contribution >= 4 is 17.9 Å². The highest BCUT2D eigenvalue weighted by Gasteiger charge is 2.09. The fourth-order valence-electron chi connectivity index (χ4n) is 0.802. The van der Waals surface area contributed by atoms with Crippen molar-refractivity contribution in [1.82, 2.24) is 10.9 Å². The molecule has 0 heterocycles. The Balaban J connectivity index is 0. The van der Waals surface area contributed by atoms with Gasteiger partial charge in [-0.3, -0.25) is 20.0 Å². The lowest BCUT2D eigenvalue weighted by molar-refractivity contribution is -0.138. The molecule has 9 nitrogen and oxygen atoms in total. The van der Waals surface area contributed by atoms with Crippen LogP contribution in [0.1, 0.15) is 19.8 Å². The van der Waals surface area contributed by atoms with E-state index in [1.807, 2.05) is 0 Å². The van der Waals surface area contributed by atoms with Crippen LogP contribution in [-0.2, 0) is 9.59 Å². The minimum atomic E-state index is -0.990. The standard InChI is InChI=1S/C7H17N5O2.C2H4O2/c1-10-12-7(9)11-4-2-3-5(8)6(13)14;1-2(3)4/h5,10H,2-4,8H2,1H3,(H,13,14)(H3,9,11,12);1H3,(H,3,4)/t5-;/m0./s1. The van der Waals surface area contributed by atoms with Gasteiger partial charge in [-0.2, -0.15) is 0 Å². The normalized spacial score (nSPS) is 12.1. The van der Waals surface area contributed by atoms with Crippen LogP contribution < -0.4 is 22.3 Å². The van der Waals surface area contributed by atoms with Crippen LogP contribution in [0.3, 0.4) is 0 Å². The Kier molecular flexibility index (Phi) is 11.9. The minimum absolute atomic E-state index is 0.274. The van der Waals surface area contributed by atoms with Gasteiger partial charge in [0.15, 0.2) is 0 Å². The summed E-state index contributed by atoms with van der Waals surface area (Å²) in [5.41, 5.74) is 15.9. The molecule has 0 aromatic rings. The van der Waals surface area contributed by atoms with Gasteiger partial charge in [0.1, 0.15) is 6.04 Å². The van der Waals surface area contributed by atoms with E-state index in [9.17, 15) is 4.79 Å². The molecule has 0 amide bonds. The number of nitrogens with one attached hydrogen (secondary N) is 2. The number of guanidine groups is 1. The average Bonchev–Trinajstić information content (AvgIpc) is 2.23. The van der Waals surface area contributed by atoms with Crippen molar-refractivity contribution in [1.29, 1.82) is 0 Å². The smallest absolute Gasteiger partial charge is 0.320 e. The number of carbonyl (C=O) groups is 2. The van der Waals surface area contributed by atoms with Crippen molar-refractivity contribution in [2.75, 3.05) is 13.6 Å². The van der Waals surface area contributed by atoms with Crippen molar-refractivity contribution in [2.24, 2.45) is 16.5 Å². The number of aliphatic carboxylic acids is 2. The summed E-state index contributed by atoms with van der Waals surface area (Å²) in [5.74, 6) is -1.55. The van der Waals surface area contributed by atoms with Crippen molar-refractivity contribution in [3.8, 4) is 0 Å². The molecule has 0 aliphatic carbocycles. The van der Waals surface area contributed by atoms with E-state index in [4.69, 9.17) is 26.5 Å². The molecule has 1 atom stereocenters. The fourth-order valence-corrected chi connectivity index (χ4v) is 0.802. The van der Waals surface area contributed by atoms with E-state index in [-0.39, 0.29) is 5.96 Å². The summed E-state index contributed by atoms with van der Waals surface area (Å²) < 4.78 is 0. The zero-order chi connectivity index (χ0) is 14.6. The van der Waals surface area contributed by atoms with Gasteiger partial charge in [-0.1, -0.05) is 0 Å². The van der Waals surface area contributed by atoms with Crippen LogP contribution in [0.25, 0.3) is 0 Å². The molecule has 0 bridgehead atoms. The second-order valence-corrected chi connectivity index (χ2v) is 3.25. The van der Waals surface area contributed by atoms with Crippen LogP contribution in [-0.4, -0.2) is 47.7 Å². The van der Waals surface area contributed by atoms with E-state index < -0.39 is 18.0 Å². The topological polar surface area (TPSA) is 163 Å². The van der Waals surface area contributed by atoms with Gasteiger partial charge in [0.05, 0.1) is 0 Å². The first-order chi connectivity index (χ1) is 8.31. The number of rotatable bonds is 6. The van der Waals surface area contributed by atoms with Gasteiger partial charge in [0.2, 0.25) is 5.96 Å². The van der Waals surface area contributed by atoms with E-state index in [0.717, 1.165) is 6.92 Å². The van der Waals surface area contributed by atoms with E-state index in [1.54, 1.807) is 7.05 Å². The lowest BCUT2D eigenvalue weighted by atomic mass is 10.2. The van der Waals surface area contributed by atoms with Crippen LogP contribution in [0.2, 0.25) is 0 Å². The minimum Gasteiger partial charge on any atom is -0.481 e. The van der Waals surface area contributed by atoms with Gasteiger partial charge in [0.25, 0.3) is 5.97 Å². The number of carboxylic acid groups (broad SMARTS) is 2. The largest absolute Gasteiger partial charge is 0.481 e. The Labute approximate surface area is 105 Å². The molecule has 9 heteroatoms. The molecule has 0 aromatic heterocycles. The first-order valence-electron chi connectivity index (χ1n) is 5.21. The van der Waals surface area contributed by atoms with Crippen LogP contribution in [0.4, 0.5) is 0 Å². The van der Waals surface area contributed by atoms with E-state index in [0.29, 0.717) is 19.4 Å². The third kappa shape index (κ3) is 16.6. The molecule has 0 unspecified atom stereocenters. The highest BCUT2D eigenvalue weighted by atomic mass is 16.4. The van der Waals surface area contributed by atoms with Crippen LogP contribution in [0.15, 0.2) is 4.99 Å². The Morgan fingerprint density at radius 2 is 1.89 bits per heavy atom. The number of nitrogens with zero attached hydrogens (tertiary/aromatic N) is 1. The Morgan fingerprint density at radius 3 is 2.28 bits per heavy atom. The average molecular weight is 263 g/mol. The molecule has 0 saturated carbocycles. The zero-order valence-corrected chi connectivity index (χ0v) is 10.5. The third-order valence-electron chi connectivity index (χ3n) is 1.53. The van der Waals surface area contributed by atoms with Gasteiger partial charge in [0, 0.05) is 20.5 Å².